The van der Waals surface area contributed by atoms with Crippen LogP contribution in [0, 0.1) is 5.92 Å². The summed E-state index contributed by atoms with van der Waals surface area (Å²) in [6.07, 6.45) is 5.57. The van der Waals surface area contributed by atoms with E-state index in [2.05, 4.69) is 12.2 Å². The topological polar surface area (TPSA) is 78.9 Å². The molecule has 6 heteroatoms. The third-order valence-corrected chi connectivity index (χ3v) is 4.59. The molecule has 0 radical (unpaired) electrons. The van der Waals surface area contributed by atoms with Crippen molar-refractivity contribution < 1.29 is 19.4 Å². The third-order valence-electron chi connectivity index (χ3n) is 4.59. The van der Waals surface area contributed by atoms with Crippen molar-refractivity contribution in [2.24, 2.45) is 5.92 Å². The van der Waals surface area contributed by atoms with Crippen LogP contribution in [-0.4, -0.2) is 53.8 Å². The molecule has 2 fully saturated rings. The zero-order chi connectivity index (χ0) is 15.2. The SMILES string of the molecule is CCC1CCCC(NC(=O)N2CCOCC2CC(=O)O)C1. The molecule has 1 aliphatic carbocycles. The second-order valence-corrected chi connectivity index (χ2v) is 6.11. The maximum atomic E-state index is 12.4. The van der Waals surface area contributed by atoms with Gasteiger partial charge in [0, 0.05) is 12.6 Å². The summed E-state index contributed by atoms with van der Waals surface area (Å²) in [6.45, 7) is 3.45. The maximum Gasteiger partial charge on any atom is 0.318 e. The summed E-state index contributed by atoms with van der Waals surface area (Å²) in [5.41, 5.74) is 0. The summed E-state index contributed by atoms with van der Waals surface area (Å²) in [6, 6.07) is -0.266. The van der Waals surface area contributed by atoms with Crippen LogP contribution in [-0.2, 0) is 9.53 Å². The molecule has 2 rings (SSSR count). The van der Waals surface area contributed by atoms with Crippen molar-refractivity contribution in [2.45, 2.75) is 57.5 Å². The number of carbonyl (C=O) groups excluding carboxylic acids is 1. The van der Waals surface area contributed by atoms with Crippen molar-refractivity contribution in [1.82, 2.24) is 10.2 Å². The van der Waals surface area contributed by atoms with Gasteiger partial charge in [-0.1, -0.05) is 26.2 Å². The van der Waals surface area contributed by atoms with Crippen LogP contribution >= 0.6 is 0 Å². The molecule has 0 spiro atoms. The Morgan fingerprint density at radius 3 is 2.90 bits per heavy atom. The van der Waals surface area contributed by atoms with E-state index in [1.165, 1.54) is 6.42 Å². The van der Waals surface area contributed by atoms with Gasteiger partial charge in [0.2, 0.25) is 0 Å². The highest BCUT2D eigenvalue weighted by Crippen LogP contribution is 2.26. The number of nitrogens with one attached hydrogen (secondary N) is 1. The molecular weight excluding hydrogens is 272 g/mol. The maximum absolute atomic E-state index is 12.4. The summed E-state index contributed by atoms with van der Waals surface area (Å²) < 4.78 is 5.30. The first kappa shape index (κ1) is 16.1. The minimum atomic E-state index is -0.896. The molecule has 0 aromatic rings. The molecule has 1 aliphatic heterocycles. The lowest BCUT2D eigenvalue weighted by Gasteiger charge is -2.37. The molecule has 6 nitrogen and oxygen atoms in total. The lowest BCUT2D eigenvalue weighted by atomic mass is 9.84. The minimum absolute atomic E-state index is 0.0598. The Balaban J connectivity index is 1.89. The van der Waals surface area contributed by atoms with Gasteiger partial charge in [0.1, 0.15) is 0 Å². The van der Waals surface area contributed by atoms with Gasteiger partial charge in [-0.3, -0.25) is 4.79 Å². The van der Waals surface area contributed by atoms with Crippen LogP contribution in [0.15, 0.2) is 0 Å². The molecule has 2 N–H and O–H groups in total. The Morgan fingerprint density at radius 1 is 1.38 bits per heavy atom. The molecule has 0 aromatic carbocycles. The number of urea groups is 1. The molecular formula is C15H26N2O4. The van der Waals surface area contributed by atoms with E-state index < -0.39 is 5.97 Å². The number of morpholine rings is 1. The van der Waals surface area contributed by atoms with Crippen LogP contribution in [0.25, 0.3) is 0 Å². The summed E-state index contributed by atoms with van der Waals surface area (Å²) in [4.78, 5) is 24.9. The number of hydrogen-bond donors (Lipinski definition) is 2. The van der Waals surface area contributed by atoms with Gasteiger partial charge in [0.25, 0.3) is 0 Å². The number of rotatable bonds is 4. The smallest absolute Gasteiger partial charge is 0.318 e. The fraction of sp³-hybridized carbons (Fsp3) is 0.867. The molecule has 0 bridgehead atoms. The number of aliphatic carboxylic acids is 1. The van der Waals surface area contributed by atoms with E-state index in [4.69, 9.17) is 9.84 Å². The van der Waals surface area contributed by atoms with Gasteiger partial charge in [-0.05, 0) is 18.8 Å². The van der Waals surface area contributed by atoms with Gasteiger partial charge in [0.05, 0.1) is 25.7 Å². The molecule has 120 valence electrons. The molecule has 1 heterocycles. The van der Waals surface area contributed by atoms with Crippen LogP contribution in [0.5, 0.6) is 0 Å². The average Bonchev–Trinajstić information content (AvgIpc) is 2.47. The lowest BCUT2D eigenvalue weighted by molar-refractivity contribution is -0.139. The summed E-state index contributed by atoms with van der Waals surface area (Å²) in [5, 5.41) is 12.0. The molecule has 1 saturated heterocycles. The van der Waals surface area contributed by atoms with Gasteiger partial charge >= 0.3 is 12.0 Å². The first-order chi connectivity index (χ1) is 10.1. The van der Waals surface area contributed by atoms with Crippen molar-refractivity contribution in [3.05, 3.63) is 0 Å². The van der Waals surface area contributed by atoms with E-state index in [9.17, 15) is 9.59 Å². The van der Waals surface area contributed by atoms with Gasteiger partial charge in [0.15, 0.2) is 0 Å². The first-order valence-corrected chi connectivity index (χ1v) is 7.96. The molecule has 3 atom stereocenters. The van der Waals surface area contributed by atoms with Crippen molar-refractivity contribution in [3.63, 3.8) is 0 Å². The second-order valence-electron chi connectivity index (χ2n) is 6.11. The summed E-state index contributed by atoms with van der Waals surface area (Å²) in [5.74, 6) is -0.199. The van der Waals surface area contributed by atoms with E-state index in [1.54, 1.807) is 4.90 Å². The Morgan fingerprint density at radius 2 is 2.19 bits per heavy atom. The van der Waals surface area contributed by atoms with Crippen LogP contribution in [0.4, 0.5) is 4.79 Å². The molecule has 2 amide bonds. The van der Waals surface area contributed by atoms with Crippen molar-refractivity contribution >= 4 is 12.0 Å². The van der Waals surface area contributed by atoms with Gasteiger partial charge in [-0.25, -0.2) is 4.79 Å². The Bertz CT molecular complexity index is 375. The standard InChI is InChI=1S/C15H26N2O4/c1-2-11-4-3-5-12(8-11)16-15(20)17-6-7-21-10-13(17)9-14(18)19/h11-13H,2-10H2,1H3,(H,16,20)(H,18,19). The third kappa shape index (κ3) is 4.59. The van der Waals surface area contributed by atoms with Crippen LogP contribution in [0.2, 0.25) is 0 Å². The average molecular weight is 298 g/mol. The van der Waals surface area contributed by atoms with E-state index in [1.807, 2.05) is 0 Å². The zero-order valence-corrected chi connectivity index (χ0v) is 12.7. The Labute approximate surface area is 125 Å². The van der Waals surface area contributed by atoms with Crippen molar-refractivity contribution in [3.8, 4) is 0 Å². The number of carboxylic acid groups (broad SMARTS) is 1. The fourth-order valence-electron chi connectivity index (χ4n) is 3.34. The van der Waals surface area contributed by atoms with E-state index in [0.717, 1.165) is 25.7 Å². The van der Waals surface area contributed by atoms with Gasteiger partial charge in [-0.2, -0.15) is 0 Å². The highest BCUT2D eigenvalue weighted by molar-refractivity contribution is 5.76. The number of amides is 2. The highest BCUT2D eigenvalue weighted by atomic mass is 16.5. The summed E-state index contributed by atoms with van der Waals surface area (Å²) >= 11 is 0. The Hall–Kier alpha value is -1.30. The zero-order valence-electron chi connectivity index (χ0n) is 12.7. The number of carboxylic acids is 1. The van der Waals surface area contributed by atoms with Crippen LogP contribution in [0.1, 0.15) is 45.4 Å². The normalized spacial score (nSPS) is 30.0. The van der Waals surface area contributed by atoms with Crippen LogP contribution < -0.4 is 5.32 Å². The number of ether oxygens (including phenoxy) is 1. The summed E-state index contributed by atoms with van der Waals surface area (Å²) in [7, 11) is 0. The van der Waals surface area contributed by atoms with Gasteiger partial charge in [-0.15, -0.1) is 0 Å². The number of carbonyl (C=O) groups is 2. The predicted octanol–water partition coefficient (Wildman–Crippen LogP) is 1.84. The van der Waals surface area contributed by atoms with E-state index in [-0.39, 0.29) is 24.5 Å². The molecule has 21 heavy (non-hydrogen) atoms. The first-order valence-electron chi connectivity index (χ1n) is 7.96. The highest BCUT2D eigenvalue weighted by Gasteiger charge is 2.31. The minimum Gasteiger partial charge on any atom is -0.481 e. The fourth-order valence-corrected chi connectivity index (χ4v) is 3.34. The molecule has 2 aliphatic rings. The Kier molecular flexibility index (Phi) is 5.85. The van der Waals surface area contributed by atoms with E-state index >= 15 is 0 Å². The van der Waals surface area contributed by atoms with Crippen molar-refractivity contribution in [1.29, 1.82) is 0 Å². The lowest BCUT2D eigenvalue weighted by Crippen LogP contribution is -2.55. The molecule has 1 saturated carbocycles. The number of nitrogens with zero attached hydrogens (tertiary/aromatic N) is 1. The molecule has 3 unspecified atom stereocenters. The monoisotopic (exact) mass is 298 g/mol. The van der Waals surface area contributed by atoms with E-state index in [0.29, 0.717) is 25.7 Å². The quantitative estimate of drug-likeness (QED) is 0.830. The predicted molar refractivity (Wildman–Crippen MR) is 78.1 cm³/mol. The molecule has 0 aromatic heterocycles. The second kappa shape index (κ2) is 7.64. The van der Waals surface area contributed by atoms with Crippen molar-refractivity contribution in [2.75, 3.05) is 19.8 Å². The number of hydrogen-bond acceptors (Lipinski definition) is 3. The van der Waals surface area contributed by atoms with Gasteiger partial charge < -0.3 is 20.1 Å². The van der Waals surface area contributed by atoms with Crippen LogP contribution in [0.3, 0.4) is 0 Å². The largest absolute Gasteiger partial charge is 0.481 e.